The number of hydrogen-bond donors (Lipinski definition) is 0. The Labute approximate surface area is 116 Å². The van der Waals surface area contributed by atoms with Crippen LogP contribution in [0.15, 0.2) is 0 Å². The van der Waals surface area contributed by atoms with Gasteiger partial charge in [0.1, 0.15) is 5.69 Å². The summed E-state index contributed by atoms with van der Waals surface area (Å²) in [6, 6.07) is 0.389. The molecule has 0 amide bonds. The molecular weight excluding hydrogens is 239 g/mol. The molecule has 0 bridgehead atoms. The topological polar surface area (TPSA) is 17.8 Å². The highest BCUT2D eigenvalue weighted by molar-refractivity contribution is 5.26. The van der Waals surface area contributed by atoms with Gasteiger partial charge in [-0.1, -0.05) is 54.4 Å². The number of rotatable bonds is 1. The largest absolute Gasteiger partial charge is 0.263 e. The highest BCUT2D eigenvalue weighted by Crippen LogP contribution is 2.38. The predicted molar refractivity (Wildman–Crippen MR) is 77.1 cm³/mol. The Kier molecular flexibility index (Phi) is 3.53. The maximum atomic E-state index is 14.9. The van der Waals surface area contributed by atoms with E-state index in [0.29, 0.717) is 11.7 Å². The van der Waals surface area contributed by atoms with E-state index in [2.05, 4.69) is 25.9 Å². The molecule has 0 aliphatic heterocycles. The number of halogens is 1. The molecule has 0 saturated heterocycles. The Morgan fingerprint density at radius 2 is 1.53 bits per heavy atom. The first kappa shape index (κ1) is 14.5. The first-order valence-electron chi connectivity index (χ1n) is 7.41. The average molecular weight is 266 g/mol. The predicted octanol–water partition coefficient (Wildman–Crippen LogP) is 4.73. The quantitative estimate of drug-likeness (QED) is 0.718. The molecule has 1 aliphatic carbocycles. The van der Waals surface area contributed by atoms with Gasteiger partial charge in [0, 0.05) is 10.8 Å². The minimum absolute atomic E-state index is 0.0908. The van der Waals surface area contributed by atoms with Crippen molar-refractivity contribution >= 4 is 0 Å². The van der Waals surface area contributed by atoms with Crippen LogP contribution in [-0.4, -0.2) is 9.78 Å². The minimum Gasteiger partial charge on any atom is -0.263 e. The SMILES string of the molecule is CC(C)(C)c1nn(C2CCCC2)c(C(C)(C)C)c1F. The van der Waals surface area contributed by atoms with Crippen LogP contribution in [0.4, 0.5) is 4.39 Å². The standard InChI is InChI=1S/C16H27FN2/c1-15(2,3)13-12(17)14(16(4,5)6)19(18-13)11-9-7-8-10-11/h11H,7-10H2,1-6H3. The van der Waals surface area contributed by atoms with Crippen LogP contribution < -0.4 is 0 Å². The number of aromatic nitrogens is 2. The molecule has 1 aromatic heterocycles. The van der Waals surface area contributed by atoms with E-state index in [1.165, 1.54) is 12.8 Å². The van der Waals surface area contributed by atoms with Crippen molar-refractivity contribution in [3.63, 3.8) is 0 Å². The first-order valence-corrected chi connectivity index (χ1v) is 7.41. The van der Waals surface area contributed by atoms with Crippen molar-refractivity contribution in [3.8, 4) is 0 Å². The molecule has 19 heavy (non-hydrogen) atoms. The summed E-state index contributed by atoms with van der Waals surface area (Å²) in [6.07, 6.45) is 4.74. The number of hydrogen-bond acceptors (Lipinski definition) is 1. The van der Waals surface area contributed by atoms with Crippen LogP contribution in [0.2, 0.25) is 0 Å². The Morgan fingerprint density at radius 1 is 1.00 bits per heavy atom. The van der Waals surface area contributed by atoms with Crippen molar-refractivity contribution < 1.29 is 4.39 Å². The van der Waals surface area contributed by atoms with Crippen LogP contribution in [0.1, 0.15) is 84.7 Å². The Hall–Kier alpha value is -0.860. The van der Waals surface area contributed by atoms with Crippen molar-refractivity contribution in [1.29, 1.82) is 0 Å². The second kappa shape index (κ2) is 4.60. The molecule has 0 unspecified atom stereocenters. The molecule has 3 heteroatoms. The van der Waals surface area contributed by atoms with Gasteiger partial charge in [-0.05, 0) is 12.8 Å². The van der Waals surface area contributed by atoms with Crippen LogP contribution in [0.25, 0.3) is 0 Å². The summed E-state index contributed by atoms with van der Waals surface area (Å²) in [7, 11) is 0. The van der Waals surface area contributed by atoms with Gasteiger partial charge in [0.05, 0.1) is 11.7 Å². The Bertz CT molecular complexity index is 454. The molecule has 2 rings (SSSR count). The minimum atomic E-state index is -0.242. The molecule has 1 aliphatic rings. The van der Waals surface area contributed by atoms with Gasteiger partial charge in [-0.3, -0.25) is 4.68 Å². The summed E-state index contributed by atoms with van der Waals surface area (Å²) in [5.74, 6) is -0.0908. The second-order valence-electron chi connectivity index (χ2n) is 7.89. The van der Waals surface area contributed by atoms with Gasteiger partial charge < -0.3 is 0 Å². The zero-order valence-corrected chi connectivity index (χ0v) is 13.2. The van der Waals surface area contributed by atoms with E-state index in [9.17, 15) is 4.39 Å². The average Bonchev–Trinajstić information content (AvgIpc) is 2.79. The first-order chi connectivity index (χ1) is 8.62. The molecule has 0 spiro atoms. The lowest BCUT2D eigenvalue weighted by Gasteiger charge is -2.23. The molecule has 0 atom stereocenters. The van der Waals surface area contributed by atoms with E-state index in [1.807, 2.05) is 25.5 Å². The van der Waals surface area contributed by atoms with E-state index in [4.69, 9.17) is 0 Å². The van der Waals surface area contributed by atoms with Gasteiger partial charge in [0.25, 0.3) is 0 Å². The molecule has 0 N–H and O–H groups in total. The van der Waals surface area contributed by atoms with E-state index in [1.54, 1.807) is 0 Å². The van der Waals surface area contributed by atoms with Crippen molar-refractivity contribution in [2.24, 2.45) is 0 Å². The van der Waals surface area contributed by atoms with Crippen LogP contribution in [0.5, 0.6) is 0 Å². The van der Waals surface area contributed by atoms with Crippen LogP contribution in [0, 0.1) is 5.82 Å². The smallest absolute Gasteiger partial charge is 0.168 e. The van der Waals surface area contributed by atoms with Gasteiger partial charge in [-0.15, -0.1) is 0 Å². The summed E-state index contributed by atoms with van der Waals surface area (Å²) < 4.78 is 16.9. The van der Waals surface area contributed by atoms with Crippen molar-refractivity contribution in [3.05, 3.63) is 17.2 Å². The summed E-state index contributed by atoms with van der Waals surface area (Å²) >= 11 is 0. The third-order valence-electron chi connectivity index (χ3n) is 3.94. The van der Waals surface area contributed by atoms with Crippen LogP contribution in [-0.2, 0) is 10.8 Å². The molecule has 1 saturated carbocycles. The summed E-state index contributed by atoms with van der Waals surface area (Å²) in [5.41, 5.74) is 0.950. The van der Waals surface area contributed by atoms with Crippen molar-refractivity contribution in [1.82, 2.24) is 9.78 Å². The fraction of sp³-hybridized carbons (Fsp3) is 0.812. The zero-order valence-electron chi connectivity index (χ0n) is 13.2. The highest BCUT2D eigenvalue weighted by Gasteiger charge is 2.35. The van der Waals surface area contributed by atoms with E-state index in [-0.39, 0.29) is 16.6 Å². The van der Waals surface area contributed by atoms with Gasteiger partial charge in [0.2, 0.25) is 0 Å². The summed E-state index contributed by atoms with van der Waals surface area (Å²) in [6.45, 7) is 12.3. The maximum Gasteiger partial charge on any atom is 0.168 e. The zero-order chi connectivity index (χ0) is 14.4. The normalized spacial score (nSPS) is 18.3. The van der Waals surface area contributed by atoms with Gasteiger partial charge in [-0.25, -0.2) is 4.39 Å². The number of nitrogens with zero attached hydrogens (tertiary/aromatic N) is 2. The molecule has 108 valence electrons. The maximum absolute atomic E-state index is 14.9. The third-order valence-corrected chi connectivity index (χ3v) is 3.94. The lowest BCUT2D eigenvalue weighted by Crippen LogP contribution is -2.22. The van der Waals surface area contributed by atoms with Crippen LogP contribution in [0.3, 0.4) is 0 Å². The molecule has 0 radical (unpaired) electrons. The molecule has 1 heterocycles. The van der Waals surface area contributed by atoms with Crippen molar-refractivity contribution in [2.45, 2.75) is 84.1 Å². The fourth-order valence-electron chi connectivity index (χ4n) is 2.98. The van der Waals surface area contributed by atoms with Gasteiger partial charge >= 0.3 is 0 Å². The van der Waals surface area contributed by atoms with E-state index in [0.717, 1.165) is 18.5 Å². The third kappa shape index (κ3) is 2.70. The summed E-state index contributed by atoms with van der Waals surface area (Å²) in [4.78, 5) is 0. The molecule has 0 aromatic carbocycles. The second-order valence-corrected chi connectivity index (χ2v) is 7.89. The Balaban J connectivity index is 2.58. The van der Waals surface area contributed by atoms with Crippen molar-refractivity contribution in [2.75, 3.05) is 0 Å². The van der Waals surface area contributed by atoms with E-state index >= 15 is 0 Å². The highest BCUT2D eigenvalue weighted by atomic mass is 19.1. The molecule has 2 nitrogen and oxygen atoms in total. The molecular formula is C16H27FN2. The molecule has 1 aromatic rings. The Morgan fingerprint density at radius 3 is 1.95 bits per heavy atom. The summed E-state index contributed by atoms with van der Waals surface area (Å²) in [5, 5.41) is 4.67. The van der Waals surface area contributed by atoms with E-state index < -0.39 is 0 Å². The van der Waals surface area contributed by atoms with Crippen LogP contribution >= 0.6 is 0 Å². The monoisotopic (exact) mass is 266 g/mol. The van der Waals surface area contributed by atoms with Gasteiger partial charge in [-0.2, -0.15) is 5.10 Å². The van der Waals surface area contributed by atoms with Gasteiger partial charge in [0.15, 0.2) is 5.82 Å². The lowest BCUT2D eigenvalue weighted by molar-refractivity contribution is 0.395. The fourth-order valence-corrected chi connectivity index (χ4v) is 2.98. The molecule has 1 fully saturated rings. The lowest BCUT2D eigenvalue weighted by atomic mass is 9.87.